The first-order valence-corrected chi connectivity index (χ1v) is 8.51. The number of piperidine rings is 1. The third-order valence-electron chi connectivity index (χ3n) is 4.10. The first-order chi connectivity index (χ1) is 10.2. The van der Waals surface area contributed by atoms with Gasteiger partial charge in [-0.3, -0.25) is 0 Å². The van der Waals surface area contributed by atoms with Crippen molar-refractivity contribution in [2.45, 2.75) is 31.8 Å². The number of fused-ring (bicyclic) bond motifs is 1. The highest BCUT2D eigenvalue weighted by atomic mass is 79.9. The molecule has 1 saturated heterocycles. The van der Waals surface area contributed by atoms with E-state index in [1.165, 1.54) is 24.8 Å². The molecule has 1 aromatic carbocycles. The van der Waals surface area contributed by atoms with Crippen LogP contribution < -0.4 is 14.8 Å². The van der Waals surface area contributed by atoms with Crippen LogP contribution in [0.5, 0.6) is 11.5 Å². The fraction of sp³-hybridized carbons (Fsp3) is 0.625. The molecule has 0 amide bonds. The quantitative estimate of drug-likeness (QED) is 0.901. The van der Waals surface area contributed by atoms with Crippen LogP contribution in [0.3, 0.4) is 0 Å². The van der Waals surface area contributed by atoms with Gasteiger partial charge in [-0.2, -0.15) is 0 Å². The molecule has 2 aliphatic rings. The first kappa shape index (κ1) is 15.1. The fourth-order valence-electron chi connectivity index (χ4n) is 3.04. The Balaban J connectivity index is 1.63. The van der Waals surface area contributed by atoms with Crippen LogP contribution in [0, 0.1) is 0 Å². The average molecular weight is 355 g/mol. The van der Waals surface area contributed by atoms with Crippen molar-refractivity contribution in [3.8, 4) is 11.5 Å². The molecule has 1 unspecified atom stereocenters. The predicted molar refractivity (Wildman–Crippen MR) is 87.1 cm³/mol. The van der Waals surface area contributed by atoms with Crippen LogP contribution in [0.4, 0.5) is 0 Å². The maximum absolute atomic E-state index is 5.67. The van der Waals surface area contributed by atoms with Gasteiger partial charge in [-0.25, -0.2) is 0 Å². The van der Waals surface area contributed by atoms with Gasteiger partial charge in [0.15, 0.2) is 11.5 Å². The summed E-state index contributed by atoms with van der Waals surface area (Å²) in [5.41, 5.74) is 1.25. The van der Waals surface area contributed by atoms with Gasteiger partial charge in [0, 0.05) is 23.6 Å². The molecule has 0 bridgehead atoms. The molecule has 3 rings (SSSR count). The van der Waals surface area contributed by atoms with Crippen molar-refractivity contribution < 1.29 is 9.47 Å². The van der Waals surface area contributed by atoms with E-state index in [1.54, 1.807) is 0 Å². The monoisotopic (exact) mass is 354 g/mol. The summed E-state index contributed by atoms with van der Waals surface area (Å²) >= 11 is 3.65. The lowest BCUT2D eigenvalue weighted by atomic mass is 10.0. The number of hydrogen-bond acceptors (Lipinski definition) is 4. The van der Waals surface area contributed by atoms with Crippen LogP contribution in [-0.4, -0.2) is 44.3 Å². The van der Waals surface area contributed by atoms with E-state index >= 15 is 0 Å². The molecule has 2 heterocycles. The minimum Gasteiger partial charge on any atom is -0.486 e. The Morgan fingerprint density at radius 2 is 2.00 bits per heavy atom. The summed E-state index contributed by atoms with van der Waals surface area (Å²) in [6.07, 6.45) is 3.94. The topological polar surface area (TPSA) is 33.7 Å². The summed E-state index contributed by atoms with van der Waals surface area (Å²) in [7, 11) is 2.18. The fourth-order valence-corrected chi connectivity index (χ4v) is 3.49. The number of hydrogen-bond donors (Lipinski definition) is 1. The zero-order chi connectivity index (χ0) is 14.7. The van der Waals surface area contributed by atoms with Gasteiger partial charge in [-0.05, 0) is 44.1 Å². The second-order valence-corrected chi connectivity index (χ2v) is 6.79. The molecule has 4 nitrogen and oxygen atoms in total. The van der Waals surface area contributed by atoms with Gasteiger partial charge < -0.3 is 19.7 Å². The van der Waals surface area contributed by atoms with E-state index in [0.717, 1.165) is 35.6 Å². The van der Waals surface area contributed by atoms with Crippen molar-refractivity contribution in [1.29, 1.82) is 0 Å². The molecule has 21 heavy (non-hydrogen) atoms. The zero-order valence-electron chi connectivity index (χ0n) is 12.5. The second-order valence-electron chi connectivity index (χ2n) is 5.93. The van der Waals surface area contributed by atoms with Crippen molar-refractivity contribution in [2.24, 2.45) is 0 Å². The van der Waals surface area contributed by atoms with Gasteiger partial charge in [-0.15, -0.1) is 0 Å². The molecule has 0 spiro atoms. The van der Waals surface area contributed by atoms with Crippen LogP contribution in [0.15, 0.2) is 16.6 Å². The minimum absolute atomic E-state index is 0.625. The zero-order valence-corrected chi connectivity index (χ0v) is 14.1. The maximum Gasteiger partial charge on any atom is 0.162 e. The number of likely N-dealkylation sites (N-methyl/N-ethyl adjacent to an activating group) is 1. The van der Waals surface area contributed by atoms with Gasteiger partial charge in [0.25, 0.3) is 0 Å². The standard InChI is InChI=1S/C16H23BrN2O2/c1-19(11-13-4-2-3-5-18-13)10-12-8-15-16(9-14(12)17)21-7-6-20-15/h8-9,13,18H,2-7,10-11H2,1H3. The van der Waals surface area contributed by atoms with Crippen molar-refractivity contribution in [3.63, 3.8) is 0 Å². The summed E-state index contributed by atoms with van der Waals surface area (Å²) in [6.45, 7) is 4.42. The van der Waals surface area contributed by atoms with Gasteiger partial charge >= 0.3 is 0 Å². The molecule has 2 aliphatic heterocycles. The third-order valence-corrected chi connectivity index (χ3v) is 4.83. The average Bonchev–Trinajstić information content (AvgIpc) is 2.49. The molecule has 1 fully saturated rings. The molecule has 0 aromatic heterocycles. The smallest absolute Gasteiger partial charge is 0.162 e. The Morgan fingerprint density at radius 3 is 2.71 bits per heavy atom. The van der Waals surface area contributed by atoms with Gasteiger partial charge in [-0.1, -0.05) is 22.4 Å². The van der Waals surface area contributed by atoms with Crippen LogP contribution in [0.25, 0.3) is 0 Å². The van der Waals surface area contributed by atoms with Crippen molar-refractivity contribution in [3.05, 3.63) is 22.2 Å². The van der Waals surface area contributed by atoms with Crippen molar-refractivity contribution >= 4 is 15.9 Å². The molecule has 0 radical (unpaired) electrons. The van der Waals surface area contributed by atoms with Crippen LogP contribution in [0.2, 0.25) is 0 Å². The number of halogens is 1. The Kier molecular flexibility index (Phi) is 5.03. The number of rotatable bonds is 4. The van der Waals surface area contributed by atoms with E-state index in [0.29, 0.717) is 19.3 Å². The molecular formula is C16H23BrN2O2. The van der Waals surface area contributed by atoms with Gasteiger partial charge in [0.05, 0.1) is 0 Å². The lowest BCUT2D eigenvalue weighted by Gasteiger charge is -2.28. The van der Waals surface area contributed by atoms with E-state index in [4.69, 9.17) is 9.47 Å². The Morgan fingerprint density at radius 1 is 1.24 bits per heavy atom. The highest BCUT2D eigenvalue weighted by Crippen LogP contribution is 2.35. The largest absolute Gasteiger partial charge is 0.486 e. The Bertz CT molecular complexity index is 489. The van der Waals surface area contributed by atoms with E-state index in [9.17, 15) is 0 Å². The van der Waals surface area contributed by atoms with Crippen LogP contribution >= 0.6 is 15.9 Å². The second kappa shape index (κ2) is 6.99. The van der Waals surface area contributed by atoms with Gasteiger partial charge in [0.2, 0.25) is 0 Å². The summed E-state index contributed by atoms with van der Waals surface area (Å²) in [4.78, 5) is 2.37. The predicted octanol–water partition coefficient (Wildman–Crippen LogP) is 2.79. The van der Waals surface area contributed by atoms with E-state index < -0.39 is 0 Å². The molecule has 1 atom stereocenters. The summed E-state index contributed by atoms with van der Waals surface area (Å²) in [5, 5.41) is 3.60. The van der Waals surface area contributed by atoms with Crippen molar-refractivity contribution in [1.82, 2.24) is 10.2 Å². The number of ether oxygens (including phenoxy) is 2. The Labute approximate surface area is 134 Å². The normalized spacial score (nSPS) is 21.6. The molecule has 116 valence electrons. The van der Waals surface area contributed by atoms with Crippen LogP contribution in [0.1, 0.15) is 24.8 Å². The number of benzene rings is 1. The molecule has 1 N–H and O–H groups in total. The number of nitrogens with one attached hydrogen (secondary N) is 1. The number of nitrogens with zero attached hydrogens (tertiary/aromatic N) is 1. The first-order valence-electron chi connectivity index (χ1n) is 7.72. The van der Waals surface area contributed by atoms with E-state index in [-0.39, 0.29) is 0 Å². The molecule has 1 aromatic rings. The SMILES string of the molecule is CN(Cc1cc2c(cc1Br)OCCO2)CC1CCCCN1. The van der Waals surface area contributed by atoms with E-state index in [2.05, 4.69) is 39.3 Å². The third kappa shape index (κ3) is 3.90. The highest BCUT2D eigenvalue weighted by Gasteiger charge is 2.18. The lowest BCUT2D eigenvalue weighted by Crippen LogP contribution is -2.42. The molecule has 0 aliphatic carbocycles. The molecule has 5 heteroatoms. The maximum atomic E-state index is 5.67. The van der Waals surface area contributed by atoms with Gasteiger partial charge in [0.1, 0.15) is 13.2 Å². The van der Waals surface area contributed by atoms with E-state index in [1.807, 2.05) is 6.07 Å². The summed E-state index contributed by atoms with van der Waals surface area (Å²) < 4.78 is 12.4. The highest BCUT2D eigenvalue weighted by molar-refractivity contribution is 9.10. The van der Waals surface area contributed by atoms with Crippen LogP contribution in [-0.2, 0) is 6.54 Å². The minimum atomic E-state index is 0.625. The molecular weight excluding hydrogens is 332 g/mol. The summed E-state index contributed by atoms with van der Waals surface area (Å²) in [5.74, 6) is 1.71. The Hall–Kier alpha value is -0.780. The lowest BCUT2D eigenvalue weighted by molar-refractivity contribution is 0.171. The van der Waals surface area contributed by atoms with Crippen molar-refractivity contribution in [2.75, 3.05) is 33.4 Å². The summed E-state index contributed by atoms with van der Waals surface area (Å²) in [6, 6.07) is 4.75. The molecule has 0 saturated carbocycles.